The first-order valence-corrected chi connectivity index (χ1v) is 7.26. The minimum atomic E-state index is -0.638. The van der Waals surface area contributed by atoms with Gasteiger partial charge < -0.3 is 14.8 Å². The predicted molar refractivity (Wildman–Crippen MR) is 78.6 cm³/mol. The molecule has 0 saturated heterocycles. The lowest BCUT2D eigenvalue weighted by atomic mass is 10.1. The standard InChI is InChI=1S/C15H18N4O3/c1-11-14(22-13-6-3-2-5-12(13)21-11)15(20)17-7-4-8-19-10-16-9-18-19/h2-3,5-6,9-11,14H,4,7-8H2,1H3,(H,17,20)/t11-,14-/m1/s1. The second-order valence-corrected chi connectivity index (χ2v) is 5.11. The quantitative estimate of drug-likeness (QED) is 0.834. The molecule has 0 unspecified atom stereocenters. The van der Waals surface area contributed by atoms with Gasteiger partial charge in [0.1, 0.15) is 18.8 Å². The molecule has 2 aromatic rings. The van der Waals surface area contributed by atoms with Gasteiger partial charge in [0.2, 0.25) is 6.10 Å². The molecule has 0 spiro atoms. The third kappa shape index (κ3) is 3.19. The predicted octanol–water partition coefficient (Wildman–Crippen LogP) is 1.01. The Morgan fingerprint density at radius 2 is 2.09 bits per heavy atom. The molecule has 2 heterocycles. The van der Waals surface area contributed by atoms with Gasteiger partial charge >= 0.3 is 0 Å². The van der Waals surface area contributed by atoms with Gasteiger partial charge in [-0.2, -0.15) is 5.10 Å². The van der Waals surface area contributed by atoms with Crippen LogP contribution in [0.25, 0.3) is 0 Å². The van der Waals surface area contributed by atoms with Crippen LogP contribution in [0.2, 0.25) is 0 Å². The Bertz CT molecular complexity index is 629. The van der Waals surface area contributed by atoms with Crippen molar-refractivity contribution in [2.24, 2.45) is 0 Å². The van der Waals surface area contributed by atoms with Crippen LogP contribution in [0, 0.1) is 0 Å². The zero-order valence-corrected chi connectivity index (χ0v) is 12.3. The van der Waals surface area contributed by atoms with E-state index < -0.39 is 6.10 Å². The van der Waals surface area contributed by atoms with E-state index in [9.17, 15) is 4.79 Å². The average Bonchev–Trinajstić information content (AvgIpc) is 3.04. The molecule has 2 atom stereocenters. The third-order valence-electron chi connectivity index (χ3n) is 3.43. The lowest BCUT2D eigenvalue weighted by Gasteiger charge is -2.31. The fraction of sp³-hybridized carbons (Fsp3) is 0.400. The third-order valence-corrected chi connectivity index (χ3v) is 3.43. The molecule has 0 radical (unpaired) electrons. The van der Waals surface area contributed by atoms with Crippen LogP contribution in [0.5, 0.6) is 11.5 Å². The largest absolute Gasteiger partial charge is 0.482 e. The summed E-state index contributed by atoms with van der Waals surface area (Å²) in [5, 5.41) is 6.88. The lowest BCUT2D eigenvalue weighted by molar-refractivity contribution is -0.133. The number of fused-ring (bicyclic) bond motifs is 1. The number of amides is 1. The summed E-state index contributed by atoms with van der Waals surface area (Å²) in [4.78, 5) is 16.1. The van der Waals surface area contributed by atoms with Gasteiger partial charge in [-0.1, -0.05) is 12.1 Å². The number of nitrogens with one attached hydrogen (secondary N) is 1. The SMILES string of the molecule is C[C@H]1Oc2ccccc2O[C@H]1C(=O)NCCCn1cncn1. The molecule has 0 fully saturated rings. The Morgan fingerprint density at radius 1 is 1.32 bits per heavy atom. The number of para-hydroxylation sites is 2. The van der Waals surface area contributed by atoms with Gasteiger partial charge in [0.15, 0.2) is 11.5 Å². The minimum Gasteiger partial charge on any atom is -0.482 e. The maximum atomic E-state index is 12.2. The Labute approximate surface area is 128 Å². The summed E-state index contributed by atoms with van der Waals surface area (Å²) in [6, 6.07) is 7.36. The van der Waals surface area contributed by atoms with Crippen LogP contribution in [-0.2, 0) is 11.3 Å². The van der Waals surface area contributed by atoms with Gasteiger partial charge in [-0.25, -0.2) is 4.98 Å². The first-order chi connectivity index (χ1) is 10.7. The van der Waals surface area contributed by atoms with Crippen LogP contribution in [-0.4, -0.2) is 39.4 Å². The highest BCUT2D eigenvalue weighted by atomic mass is 16.6. The summed E-state index contributed by atoms with van der Waals surface area (Å²) in [7, 11) is 0. The van der Waals surface area contributed by atoms with Crippen molar-refractivity contribution in [3.63, 3.8) is 0 Å². The number of ether oxygens (including phenoxy) is 2. The van der Waals surface area contributed by atoms with Crippen molar-refractivity contribution in [2.45, 2.75) is 32.1 Å². The summed E-state index contributed by atoms with van der Waals surface area (Å²) < 4.78 is 13.2. The van der Waals surface area contributed by atoms with Gasteiger partial charge in [0, 0.05) is 13.1 Å². The van der Waals surface area contributed by atoms with Crippen LogP contribution in [0.1, 0.15) is 13.3 Å². The molecule has 0 aliphatic carbocycles. The Kier molecular flexibility index (Phi) is 4.22. The second-order valence-electron chi connectivity index (χ2n) is 5.11. The molecule has 22 heavy (non-hydrogen) atoms. The van der Waals surface area contributed by atoms with E-state index in [-0.39, 0.29) is 12.0 Å². The molecule has 0 saturated carbocycles. The Hall–Kier alpha value is -2.57. The zero-order valence-electron chi connectivity index (χ0n) is 12.3. The number of aryl methyl sites for hydroxylation is 1. The van der Waals surface area contributed by atoms with E-state index in [4.69, 9.17) is 9.47 Å². The molecule has 0 bridgehead atoms. The molecule has 1 aliphatic heterocycles. The summed E-state index contributed by atoms with van der Waals surface area (Å²) in [5.74, 6) is 1.11. The number of hydrogen-bond donors (Lipinski definition) is 1. The topological polar surface area (TPSA) is 78.3 Å². The van der Waals surface area contributed by atoms with Crippen LogP contribution < -0.4 is 14.8 Å². The van der Waals surface area contributed by atoms with Crippen LogP contribution in [0.4, 0.5) is 0 Å². The van der Waals surface area contributed by atoms with E-state index in [1.807, 2.05) is 25.1 Å². The molecular weight excluding hydrogens is 284 g/mol. The molecule has 1 aromatic carbocycles. The van der Waals surface area contributed by atoms with Gasteiger partial charge in [0.25, 0.3) is 5.91 Å². The smallest absolute Gasteiger partial charge is 0.265 e. The Balaban J connectivity index is 1.50. The fourth-order valence-electron chi connectivity index (χ4n) is 2.31. The molecule has 1 amide bonds. The number of benzene rings is 1. The maximum absolute atomic E-state index is 12.2. The summed E-state index contributed by atoms with van der Waals surface area (Å²) in [6.07, 6.45) is 2.95. The Morgan fingerprint density at radius 3 is 2.82 bits per heavy atom. The van der Waals surface area contributed by atoms with Gasteiger partial charge in [-0.3, -0.25) is 9.48 Å². The molecule has 1 aromatic heterocycles. The maximum Gasteiger partial charge on any atom is 0.265 e. The van der Waals surface area contributed by atoms with Crippen LogP contribution in [0.15, 0.2) is 36.9 Å². The zero-order chi connectivity index (χ0) is 15.4. The monoisotopic (exact) mass is 302 g/mol. The van der Waals surface area contributed by atoms with E-state index in [0.29, 0.717) is 24.6 Å². The van der Waals surface area contributed by atoms with Crippen LogP contribution in [0.3, 0.4) is 0 Å². The van der Waals surface area contributed by atoms with Crippen molar-refractivity contribution in [1.29, 1.82) is 0 Å². The number of carbonyl (C=O) groups is 1. The van der Waals surface area contributed by atoms with E-state index in [2.05, 4.69) is 15.4 Å². The molecule has 116 valence electrons. The van der Waals surface area contributed by atoms with Crippen molar-refractivity contribution in [3.8, 4) is 11.5 Å². The normalized spacial score (nSPS) is 19.7. The van der Waals surface area contributed by atoms with E-state index in [0.717, 1.165) is 6.42 Å². The van der Waals surface area contributed by atoms with E-state index >= 15 is 0 Å². The first kappa shape index (κ1) is 14.4. The summed E-state index contributed by atoms with van der Waals surface area (Å²) in [6.45, 7) is 3.09. The van der Waals surface area contributed by atoms with Gasteiger partial charge in [-0.05, 0) is 25.5 Å². The van der Waals surface area contributed by atoms with Crippen molar-refractivity contribution < 1.29 is 14.3 Å². The number of hydrogen-bond acceptors (Lipinski definition) is 5. The lowest BCUT2D eigenvalue weighted by Crippen LogP contribution is -2.49. The molecule has 3 rings (SSSR count). The molecule has 1 aliphatic rings. The number of rotatable bonds is 5. The molecule has 1 N–H and O–H groups in total. The fourth-order valence-corrected chi connectivity index (χ4v) is 2.31. The van der Waals surface area contributed by atoms with Crippen molar-refractivity contribution in [1.82, 2.24) is 20.1 Å². The van der Waals surface area contributed by atoms with Crippen LogP contribution >= 0.6 is 0 Å². The second kappa shape index (κ2) is 6.46. The molecule has 7 nitrogen and oxygen atoms in total. The highest BCUT2D eigenvalue weighted by Gasteiger charge is 2.33. The highest BCUT2D eigenvalue weighted by molar-refractivity contribution is 5.82. The molecule has 7 heteroatoms. The highest BCUT2D eigenvalue weighted by Crippen LogP contribution is 2.33. The van der Waals surface area contributed by atoms with Gasteiger partial charge in [-0.15, -0.1) is 0 Å². The van der Waals surface area contributed by atoms with E-state index in [1.165, 1.54) is 6.33 Å². The van der Waals surface area contributed by atoms with E-state index in [1.54, 1.807) is 17.1 Å². The average molecular weight is 302 g/mol. The summed E-state index contributed by atoms with van der Waals surface area (Å²) in [5.41, 5.74) is 0. The van der Waals surface area contributed by atoms with Crippen molar-refractivity contribution in [3.05, 3.63) is 36.9 Å². The molecular formula is C15H18N4O3. The van der Waals surface area contributed by atoms with Crippen molar-refractivity contribution >= 4 is 5.91 Å². The van der Waals surface area contributed by atoms with Gasteiger partial charge in [0.05, 0.1) is 0 Å². The van der Waals surface area contributed by atoms with Crippen molar-refractivity contribution in [2.75, 3.05) is 6.54 Å². The number of nitrogens with zero attached hydrogens (tertiary/aromatic N) is 3. The minimum absolute atomic E-state index is 0.166. The number of carbonyl (C=O) groups excluding carboxylic acids is 1. The summed E-state index contributed by atoms with van der Waals surface area (Å²) >= 11 is 0. The number of aromatic nitrogens is 3. The first-order valence-electron chi connectivity index (χ1n) is 7.26.